The molecule has 1 amide bonds. The Hall–Kier alpha value is -3.44. The van der Waals surface area contributed by atoms with Crippen molar-refractivity contribution in [3.63, 3.8) is 0 Å². The fourth-order valence-electron chi connectivity index (χ4n) is 3.21. The number of nitrogens with one attached hydrogen (secondary N) is 2. The Morgan fingerprint density at radius 2 is 1.79 bits per heavy atom. The smallest absolute Gasteiger partial charge is 0.244 e. The Balaban J connectivity index is 1.50. The normalized spacial score (nSPS) is 12.1. The molecule has 0 radical (unpaired) electrons. The van der Waals surface area contributed by atoms with Crippen molar-refractivity contribution < 1.29 is 4.79 Å². The molecule has 0 saturated carbocycles. The van der Waals surface area contributed by atoms with Gasteiger partial charge < -0.3 is 5.32 Å². The average Bonchev–Trinajstić information content (AvgIpc) is 3.45. The highest BCUT2D eigenvalue weighted by molar-refractivity contribution is 7.13. The number of hydrogen-bond donors (Lipinski definition) is 2. The van der Waals surface area contributed by atoms with Gasteiger partial charge in [-0.1, -0.05) is 66.7 Å². The summed E-state index contributed by atoms with van der Waals surface area (Å²) in [7, 11) is 0. The third kappa shape index (κ3) is 4.89. The standard InChI is InChI=1S/C24H21N3OS/c28-23(14-13-20-17-25-27-24(20)22-12-7-15-29-22)26-21(19-10-5-2-6-11-19)16-18-8-3-1-4-9-18/h1-15,17,21H,16H2,(H,25,27)(H,26,28). The van der Waals surface area contributed by atoms with Crippen LogP contribution in [0.2, 0.25) is 0 Å². The summed E-state index contributed by atoms with van der Waals surface area (Å²) in [6.45, 7) is 0. The zero-order valence-electron chi connectivity index (χ0n) is 15.8. The number of aromatic amines is 1. The van der Waals surface area contributed by atoms with Crippen molar-refractivity contribution in [1.29, 1.82) is 0 Å². The van der Waals surface area contributed by atoms with Gasteiger partial charge in [0.05, 0.1) is 22.8 Å². The lowest BCUT2D eigenvalue weighted by atomic mass is 9.99. The summed E-state index contributed by atoms with van der Waals surface area (Å²) in [4.78, 5) is 13.8. The highest BCUT2D eigenvalue weighted by Gasteiger charge is 2.14. The van der Waals surface area contributed by atoms with Crippen LogP contribution in [0.3, 0.4) is 0 Å². The molecular formula is C24H21N3OS. The molecule has 5 heteroatoms. The summed E-state index contributed by atoms with van der Waals surface area (Å²) in [6.07, 6.45) is 5.84. The van der Waals surface area contributed by atoms with Crippen LogP contribution in [-0.2, 0) is 11.2 Å². The van der Waals surface area contributed by atoms with Gasteiger partial charge in [-0.3, -0.25) is 9.89 Å². The number of amides is 1. The van der Waals surface area contributed by atoms with E-state index in [1.54, 1.807) is 29.7 Å². The van der Waals surface area contributed by atoms with E-state index in [2.05, 4.69) is 27.6 Å². The highest BCUT2D eigenvalue weighted by Crippen LogP contribution is 2.26. The zero-order chi connectivity index (χ0) is 19.9. The van der Waals surface area contributed by atoms with E-state index in [1.165, 1.54) is 5.56 Å². The summed E-state index contributed by atoms with van der Waals surface area (Å²) in [5.74, 6) is -0.131. The molecule has 2 aromatic heterocycles. The van der Waals surface area contributed by atoms with Crippen molar-refractivity contribution in [2.45, 2.75) is 12.5 Å². The molecular weight excluding hydrogens is 378 g/mol. The summed E-state index contributed by atoms with van der Waals surface area (Å²) in [5, 5.41) is 12.3. The number of nitrogens with zero attached hydrogens (tertiary/aromatic N) is 1. The average molecular weight is 400 g/mol. The lowest BCUT2D eigenvalue weighted by Gasteiger charge is -2.18. The lowest BCUT2D eigenvalue weighted by molar-refractivity contribution is -0.117. The van der Waals surface area contributed by atoms with Crippen LogP contribution in [-0.4, -0.2) is 16.1 Å². The molecule has 144 valence electrons. The number of carbonyl (C=O) groups is 1. The zero-order valence-corrected chi connectivity index (χ0v) is 16.6. The van der Waals surface area contributed by atoms with Gasteiger partial charge in [-0.15, -0.1) is 11.3 Å². The van der Waals surface area contributed by atoms with Crippen LogP contribution < -0.4 is 5.32 Å². The number of rotatable bonds is 7. The van der Waals surface area contributed by atoms with Crippen molar-refractivity contribution in [2.24, 2.45) is 0 Å². The molecule has 0 aliphatic carbocycles. The number of aromatic nitrogens is 2. The predicted molar refractivity (Wildman–Crippen MR) is 118 cm³/mol. The summed E-state index contributed by atoms with van der Waals surface area (Å²) in [5.41, 5.74) is 4.08. The Bertz CT molecular complexity index is 1070. The Kier molecular flexibility index (Phi) is 5.98. The quantitative estimate of drug-likeness (QED) is 0.417. The molecule has 4 rings (SSSR count). The Morgan fingerprint density at radius 3 is 2.52 bits per heavy atom. The molecule has 1 atom stereocenters. The van der Waals surface area contributed by atoms with Crippen molar-refractivity contribution >= 4 is 23.3 Å². The van der Waals surface area contributed by atoms with Crippen LogP contribution in [0.4, 0.5) is 0 Å². The first-order valence-electron chi connectivity index (χ1n) is 9.44. The minimum atomic E-state index is -0.131. The van der Waals surface area contributed by atoms with Crippen LogP contribution in [0, 0.1) is 0 Å². The molecule has 1 unspecified atom stereocenters. The van der Waals surface area contributed by atoms with Crippen LogP contribution in [0.25, 0.3) is 16.6 Å². The van der Waals surface area contributed by atoms with Crippen molar-refractivity contribution in [2.75, 3.05) is 0 Å². The highest BCUT2D eigenvalue weighted by atomic mass is 32.1. The second kappa shape index (κ2) is 9.17. The van der Waals surface area contributed by atoms with Crippen LogP contribution in [0.5, 0.6) is 0 Å². The van der Waals surface area contributed by atoms with Gasteiger partial charge >= 0.3 is 0 Å². The molecule has 4 nitrogen and oxygen atoms in total. The molecule has 0 aliphatic rings. The maximum absolute atomic E-state index is 12.7. The van der Waals surface area contributed by atoms with E-state index in [1.807, 2.05) is 66.0 Å². The third-order valence-corrected chi connectivity index (χ3v) is 5.54. The molecule has 0 bridgehead atoms. The third-order valence-electron chi connectivity index (χ3n) is 4.65. The number of thiophene rings is 1. The van der Waals surface area contributed by atoms with Gasteiger partial charge in [0.15, 0.2) is 0 Å². The van der Waals surface area contributed by atoms with E-state index in [-0.39, 0.29) is 11.9 Å². The minimum absolute atomic E-state index is 0.100. The van der Waals surface area contributed by atoms with E-state index in [0.29, 0.717) is 0 Å². The molecule has 2 heterocycles. The van der Waals surface area contributed by atoms with Crippen LogP contribution >= 0.6 is 11.3 Å². The first-order chi connectivity index (χ1) is 14.3. The first kappa shape index (κ1) is 18.9. The van der Waals surface area contributed by atoms with Crippen molar-refractivity contribution in [3.05, 3.63) is 107 Å². The summed E-state index contributed by atoms with van der Waals surface area (Å²) in [6, 6.07) is 24.2. The molecule has 29 heavy (non-hydrogen) atoms. The second-order valence-electron chi connectivity index (χ2n) is 6.67. The van der Waals surface area contributed by atoms with Gasteiger partial charge in [-0.2, -0.15) is 5.10 Å². The van der Waals surface area contributed by atoms with Gasteiger partial charge in [-0.25, -0.2) is 0 Å². The molecule has 4 aromatic rings. The second-order valence-corrected chi connectivity index (χ2v) is 7.62. The summed E-state index contributed by atoms with van der Waals surface area (Å²) >= 11 is 1.63. The number of benzene rings is 2. The molecule has 0 fully saturated rings. The van der Waals surface area contributed by atoms with Crippen molar-refractivity contribution in [1.82, 2.24) is 15.5 Å². The van der Waals surface area contributed by atoms with E-state index >= 15 is 0 Å². The fraction of sp³-hybridized carbons (Fsp3) is 0.0833. The SMILES string of the molecule is O=C(C=Cc1cn[nH]c1-c1cccs1)NC(Cc1ccccc1)c1ccccc1. The Morgan fingerprint density at radius 1 is 1.03 bits per heavy atom. The van der Waals surface area contributed by atoms with Crippen LogP contribution in [0.15, 0.2) is 90.4 Å². The number of carbonyl (C=O) groups excluding carboxylic acids is 1. The van der Waals surface area contributed by atoms with Gasteiger partial charge in [0.2, 0.25) is 5.91 Å². The number of hydrogen-bond acceptors (Lipinski definition) is 3. The maximum Gasteiger partial charge on any atom is 0.244 e. The van der Waals surface area contributed by atoms with Gasteiger partial charge in [0, 0.05) is 11.6 Å². The lowest BCUT2D eigenvalue weighted by Crippen LogP contribution is -2.28. The van der Waals surface area contributed by atoms with E-state index in [4.69, 9.17) is 0 Å². The van der Waals surface area contributed by atoms with Gasteiger partial charge in [0.25, 0.3) is 0 Å². The molecule has 0 aliphatic heterocycles. The Labute approximate surface area is 173 Å². The van der Waals surface area contributed by atoms with E-state index < -0.39 is 0 Å². The molecule has 0 saturated heterocycles. The minimum Gasteiger partial charge on any atom is -0.345 e. The molecule has 2 N–H and O–H groups in total. The largest absolute Gasteiger partial charge is 0.345 e. The monoisotopic (exact) mass is 399 g/mol. The fourth-order valence-corrected chi connectivity index (χ4v) is 3.95. The first-order valence-corrected chi connectivity index (χ1v) is 10.3. The predicted octanol–water partition coefficient (Wildman–Crippen LogP) is 5.25. The van der Waals surface area contributed by atoms with Gasteiger partial charge in [0.1, 0.15) is 0 Å². The molecule has 0 spiro atoms. The topological polar surface area (TPSA) is 57.8 Å². The van der Waals surface area contributed by atoms with E-state index in [0.717, 1.165) is 28.1 Å². The van der Waals surface area contributed by atoms with E-state index in [9.17, 15) is 4.79 Å². The summed E-state index contributed by atoms with van der Waals surface area (Å²) < 4.78 is 0. The maximum atomic E-state index is 12.7. The van der Waals surface area contributed by atoms with Crippen molar-refractivity contribution in [3.8, 4) is 10.6 Å². The number of H-pyrrole nitrogens is 1. The van der Waals surface area contributed by atoms with Gasteiger partial charge in [-0.05, 0) is 35.1 Å². The van der Waals surface area contributed by atoms with Crippen LogP contribution in [0.1, 0.15) is 22.7 Å². The molecule has 2 aromatic carbocycles.